The van der Waals surface area contributed by atoms with Gasteiger partial charge in [0.25, 0.3) is 0 Å². The van der Waals surface area contributed by atoms with E-state index in [-0.39, 0.29) is 5.41 Å². The Bertz CT molecular complexity index is 2510. The Morgan fingerprint density at radius 2 is 1.60 bits per heavy atom. The van der Waals surface area contributed by atoms with Crippen LogP contribution in [0.5, 0.6) is 0 Å². The molecule has 0 saturated carbocycles. The number of hydrogen-bond donors (Lipinski definition) is 0. The maximum Gasteiger partial charge on any atom is 0.0538 e. The van der Waals surface area contributed by atoms with Crippen molar-refractivity contribution in [2.45, 2.75) is 66.2 Å². The van der Waals surface area contributed by atoms with Crippen LogP contribution in [0.4, 0.5) is 0 Å². The van der Waals surface area contributed by atoms with Gasteiger partial charge in [-0.1, -0.05) is 120 Å². The number of nitrogens with zero attached hydrogens (tertiary/aromatic N) is 1. The zero-order valence-corrected chi connectivity index (χ0v) is 30.9. The predicted octanol–water partition coefficient (Wildman–Crippen LogP) is 14.2. The Morgan fingerprint density at radius 3 is 2.40 bits per heavy atom. The minimum Gasteiger partial charge on any atom is -0.313 e. The van der Waals surface area contributed by atoms with Gasteiger partial charge in [-0.15, -0.1) is 11.3 Å². The van der Waals surface area contributed by atoms with E-state index in [1.807, 2.05) is 25.2 Å². The van der Waals surface area contributed by atoms with Gasteiger partial charge < -0.3 is 4.57 Å². The van der Waals surface area contributed by atoms with E-state index >= 15 is 0 Å². The molecule has 0 atom stereocenters. The van der Waals surface area contributed by atoms with Crippen LogP contribution in [0.25, 0.3) is 65.1 Å². The molecule has 2 aliphatic rings. The lowest BCUT2D eigenvalue weighted by Gasteiger charge is -2.23. The summed E-state index contributed by atoms with van der Waals surface area (Å²) in [6.45, 7) is 13.2. The Morgan fingerprint density at radius 1 is 0.800 bits per heavy atom. The van der Waals surface area contributed by atoms with E-state index < -0.39 is 0 Å². The highest BCUT2D eigenvalue weighted by atomic mass is 32.1. The number of benzene rings is 5. The molecular weight excluding hydrogens is 623 g/mol. The van der Waals surface area contributed by atoms with Gasteiger partial charge in [0.15, 0.2) is 0 Å². The molecule has 248 valence electrons. The summed E-state index contributed by atoms with van der Waals surface area (Å²) >= 11 is 1.91. The summed E-state index contributed by atoms with van der Waals surface area (Å²) in [5, 5.41) is 4.12. The van der Waals surface area contributed by atoms with E-state index in [0.29, 0.717) is 0 Å². The standard InChI is InChI=1S/C46H39NS.C2H6/c1-5-7-13-29(6-2)31-18-23-40-36(26-31)37-27-32(30-14-9-8-10-15-30)19-24-41(37)47(40)33-20-21-34-39(28-33)46(3,4)38-22-25-43-45(44(34)38)35-16-11-12-17-42(35)48-43;1-2/h6-18,20-23,25-28H,5,19,24H2,1-4H3;1-2H3/b13-7-,29-6+;. The first-order valence-corrected chi connectivity index (χ1v) is 19.2. The van der Waals surface area contributed by atoms with Crippen molar-refractivity contribution in [1.82, 2.24) is 4.57 Å². The molecule has 5 aromatic carbocycles. The molecule has 2 aliphatic carbocycles. The summed E-state index contributed by atoms with van der Waals surface area (Å²) in [6.07, 6.45) is 12.3. The summed E-state index contributed by atoms with van der Waals surface area (Å²) in [7, 11) is 0. The number of fused-ring (bicyclic) bond motifs is 10. The van der Waals surface area contributed by atoms with E-state index in [2.05, 4.69) is 160 Å². The molecule has 2 aromatic heterocycles. The summed E-state index contributed by atoms with van der Waals surface area (Å²) in [5.74, 6) is 0. The number of aromatic nitrogens is 1. The van der Waals surface area contributed by atoms with Crippen LogP contribution in [0.2, 0.25) is 0 Å². The lowest BCUT2D eigenvalue weighted by atomic mass is 9.82. The molecule has 1 nitrogen and oxygen atoms in total. The molecule has 0 saturated heterocycles. The quantitative estimate of drug-likeness (QED) is 0.161. The van der Waals surface area contributed by atoms with Crippen LogP contribution in [0.3, 0.4) is 0 Å². The largest absolute Gasteiger partial charge is 0.313 e. The highest BCUT2D eigenvalue weighted by Gasteiger charge is 2.37. The van der Waals surface area contributed by atoms with E-state index in [0.717, 1.165) is 19.3 Å². The molecule has 0 spiro atoms. The van der Waals surface area contributed by atoms with Gasteiger partial charge in [0.05, 0.1) is 5.52 Å². The number of rotatable bonds is 5. The average Bonchev–Trinajstić information content (AvgIpc) is 3.78. The number of hydrogen-bond acceptors (Lipinski definition) is 1. The van der Waals surface area contributed by atoms with Gasteiger partial charge in [0.1, 0.15) is 0 Å². The fraction of sp³-hybridized carbons (Fsp3) is 0.208. The van der Waals surface area contributed by atoms with Crippen molar-refractivity contribution < 1.29 is 0 Å². The fourth-order valence-corrected chi connectivity index (χ4v) is 9.52. The Labute approximate surface area is 300 Å². The Kier molecular flexibility index (Phi) is 8.24. The molecule has 0 unspecified atom stereocenters. The molecule has 7 aromatic rings. The summed E-state index contributed by atoms with van der Waals surface area (Å²) in [6, 6.07) is 39.0. The van der Waals surface area contributed by atoms with Crippen molar-refractivity contribution >= 4 is 59.6 Å². The van der Waals surface area contributed by atoms with Crippen LogP contribution >= 0.6 is 11.3 Å². The topological polar surface area (TPSA) is 4.93 Å². The summed E-state index contributed by atoms with van der Waals surface area (Å²) < 4.78 is 5.31. The summed E-state index contributed by atoms with van der Waals surface area (Å²) in [4.78, 5) is 0. The van der Waals surface area contributed by atoms with Gasteiger partial charge in [-0.05, 0) is 113 Å². The molecule has 50 heavy (non-hydrogen) atoms. The van der Waals surface area contributed by atoms with Crippen molar-refractivity contribution in [2.75, 3.05) is 0 Å². The third-order valence-corrected chi connectivity index (χ3v) is 11.9. The van der Waals surface area contributed by atoms with Crippen LogP contribution in [-0.2, 0) is 11.8 Å². The molecule has 0 aliphatic heterocycles. The molecule has 0 amide bonds. The molecule has 0 bridgehead atoms. The molecular formula is C48H45NS. The first-order valence-electron chi connectivity index (χ1n) is 18.3. The Hall–Kier alpha value is -4.92. The predicted molar refractivity (Wildman–Crippen MR) is 221 cm³/mol. The second-order valence-corrected chi connectivity index (χ2v) is 14.9. The first kappa shape index (κ1) is 32.3. The molecule has 9 rings (SSSR count). The molecule has 0 fully saturated rings. The van der Waals surface area contributed by atoms with E-state index in [4.69, 9.17) is 0 Å². The minimum atomic E-state index is -0.0963. The highest BCUT2D eigenvalue weighted by molar-refractivity contribution is 7.26. The minimum absolute atomic E-state index is 0.0963. The normalized spacial score (nSPS) is 14.8. The molecule has 0 radical (unpaired) electrons. The van der Waals surface area contributed by atoms with Crippen molar-refractivity contribution in [3.63, 3.8) is 0 Å². The van der Waals surface area contributed by atoms with Gasteiger partial charge in [0, 0.05) is 47.9 Å². The van der Waals surface area contributed by atoms with Gasteiger partial charge in [-0.3, -0.25) is 0 Å². The molecule has 2 heterocycles. The average molecular weight is 668 g/mol. The van der Waals surface area contributed by atoms with Crippen molar-refractivity contribution in [3.05, 3.63) is 155 Å². The van der Waals surface area contributed by atoms with E-state index in [1.165, 1.54) is 92.5 Å². The maximum absolute atomic E-state index is 2.57. The highest BCUT2D eigenvalue weighted by Crippen LogP contribution is 2.54. The molecule has 2 heteroatoms. The van der Waals surface area contributed by atoms with Crippen molar-refractivity contribution in [3.8, 4) is 16.8 Å². The molecule has 0 N–H and O–H groups in total. The Balaban J connectivity index is 0.00000177. The van der Waals surface area contributed by atoms with E-state index in [1.54, 1.807) is 0 Å². The van der Waals surface area contributed by atoms with Crippen LogP contribution in [0.1, 0.15) is 87.9 Å². The van der Waals surface area contributed by atoms with Crippen molar-refractivity contribution in [1.29, 1.82) is 0 Å². The fourth-order valence-electron chi connectivity index (χ4n) is 8.40. The van der Waals surface area contributed by atoms with E-state index in [9.17, 15) is 0 Å². The van der Waals surface area contributed by atoms with Crippen LogP contribution in [0.15, 0.2) is 121 Å². The van der Waals surface area contributed by atoms with Gasteiger partial charge in [-0.2, -0.15) is 0 Å². The third-order valence-electron chi connectivity index (χ3n) is 10.8. The lowest BCUT2D eigenvalue weighted by molar-refractivity contribution is 0.660. The second kappa shape index (κ2) is 12.8. The number of allylic oxidation sites excluding steroid dienone is 5. The van der Waals surface area contributed by atoms with Crippen LogP contribution < -0.4 is 0 Å². The monoisotopic (exact) mass is 667 g/mol. The smallest absolute Gasteiger partial charge is 0.0538 e. The first-order chi connectivity index (χ1) is 24.5. The van der Waals surface area contributed by atoms with Gasteiger partial charge >= 0.3 is 0 Å². The van der Waals surface area contributed by atoms with Crippen LogP contribution in [0, 0.1) is 0 Å². The van der Waals surface area contributed by atoms with Crippen molar-refractivity contribution in [2.24, 2.45) is 0 Å². The maximum atomic E-state index is 2.57. The lowest BCUT2D eigenvalue weighted by Crippen LogP contribution is -2.15. The third kappa shape index (κ3) is 4.95. The zero-order valence-electron chi connectivity index (χ0n) is 30.1. The van der Waals surface area contributed by atoms with Gasteiger partial charge in [0.2, 0.25) is 0 Å². The SMILES string of the molecule is C/C=C(\C=C/CC)c1ccc2c(c1)c1c(n2-c2ccc3c(c2)C(C)(C)c2ccc4sc5ccccc5c4c2-3)CCC(c2ccccc2)=C1.CC. The summed E-state index contributed by atoms with van der Waals surface area (Å²) in [5.41, 5.74) is 16.2. The van der Waals surface area contributed by atoms with Gasteiger partial charge in [-0.25, -0.2) is 0 Å². The zero-order chi connectivity index (χ0) is 34.6. The number of thiophene rings is 1. The second-order valence-electron chi connectivity index (χ2n) is 13.8. The van der Waals surface area contributed by atoms with Crippen LogP contribution in [-0.4, -0.2) is 4.57 Å².